The molecule has 67 valence electrons. The highest BCUT2D eigenvalue weighted by Gasteiger charge is 2.35. The molecular weight excluding hydrogens is 160 g/mol. The molecular formula is C8H11O4. The summed E-state index contributed by atoms with van der Waals surface area (Å²) in [7, 11) is 0. The van der Waals surface area contributed by atoms with Crippen LogP contribution in [-0.2, 0) is 9.59 Å². The van der Waals surface area contributed by atoms with Crippen molar-refractivity contribution >= 4 is 11.9 Å². The van der Waals surface area contributed by atoms with E-state index in [1.165, 1.54) is 0 Å². The molecule has 2 atom stereocenters. The van der Waals surface area contributed by atoms with Gasteiger partial charge in [-0.05, 0) is 25.7 Å². The third-order valence-corrected chi connectivity index (χ3v) is 2.22. The van der Waals surface area contributed by atoms with E-state index >= 15 is 0 Å². The highest BCUT2D eigenvalue weighted by atomic mass is 16.4. The zero-order valence-electron chi connectivity index (χ0n) is 6.56. The summed E-state index contributed by atoms with van der Waals surface area (Å²) in [6.07, 6.45) is 3.39. The van der Waals surface area contributed by atoms with Crippen LogP contribution in [0.4, 0.5) is 0 Å². The zero-order valence-corrected chi connectivity index (χ0v) is 6.56. The van der Waals surface area contributed by atoms with Gasteiger partial charge in [0.2, 0.25) is 0 Å². The number of aliphatic carboxylic acids is 2. The maximum absolute atomic E-state index is 10.6. The molecule has 12 heavy (non-hydrogen) atoms. The Balaban J connectivity index is 2.67. The maximum Gasteiger partial charge on any atom is 0.307 e. The first kappa shape index (κ1) is 9.03. The Kier molecular flexibility index (Phi) is 2.68. The van der Waals surface area contributed by atoms with Gasteiger partial charge in [0.25, 0.3) is 0 Å². The molecule has 1 aliphatic rings. The van der Waals surface area contributed by atoms with E-state index in [1.54, 1.807) is 0 Å². The highest BCUT2D eigenvalue weighted by molar-refractivity contribution is 5.80. The highest BCUT2D eigenvalue weighted by Crippen LogP contribution is 2.29. The number of carboxylic acid groups (broad SMARTS) is 2. The summed E-state index contributed by atoms with van der Waals surface area (Å²) in [6.45, 7) is 0. The van der Waals surface area contributed by atoms with Gasteiger partial charge in [-0.3, -0.25) is 9.59 Å². The lowest BCUT2D eigenvalue weighted by molar-refractivity contribution is -0.154. The van der Waals surface area contributed by atoms with Gasteiger partial charge in [0.1, 0.15) is 0 Å². The van der Waals surface area contributed by atoms with Gasteiger partial charge < -0.3 is 10.2 Å². The van der Waals surface area contributed by atoms with Gasteiger partial charge in [-0.1, -0.05) is 0 Å². The first-order valence-electron chi connectivity index (χ1n) is 3.90. The number of hydrogen-bond donors (Lipinski definition) is 2. The van der Waals surface area contributed by atoms with Crippen LogP contribution in [0.2, 0.25) is 0 Å². The van der Waals surface area contributed by atoms with Gasteiger partial charge in [0, 0.05) is 0 Å². The Labute approximate surface area is 70.2 Å². The fraction of sp³-hybridized carbons (Fsp3) is 0.625. The third-order valence-electron chi connectivity index (χ3n) is 2.22. The van der Waals surface area contributed by atoms with Gasteiger partial charge >= 0.3 is 11.9 Å². The van der Waals surface area contributed by atoms with E-state index in [-0.39, 0.29) is 0 Å². The summed E-state index contributed by atoms with van der Waals surface area (Å²) in [4.78, 5) is 21.2. The van der Waals surface area contributed by atoms with Crippen molar-refractivity contribution < 1.29 is 19.8 Å². The maximum atomic E-state index is 10.6. The number of rotatable bonds is 2. The molecule has 1 radical (unpaired) electrons. The van der Waals surface area contributed by atoms with Crippen molar-refractivity contribution in [3.05, 3.63) is 6.42 Å². The Morgan fingerprint density at radius 1 is 1.17 bits per heavy atom. The second kappa shape index (κ2) is 3.56. The lowest BCUT2D eigenvalue weighted by Gasteiger charge is -2.24. The Morgan fingerprint density at radius 3 is 2.17 bits per heavy atom. The SMILES string of the molecule is O=C(O)C1C[CH]CCC1C(=O)O. The third kappa shape index (κ3) is 1.75. The quantitative estimate of drug-likeness (QED) is 0.643. The molecule has 0 bridgehead atoms. The average molecular weight is 171 g/mol. The van der Waals surface area contributed by atoms with E-state index in [2.05, 4.69) is 0 Å². The molecule has 0 aliphatic heterocycles. The molecule has 0 saturated heterocycles. The van der Waals surface area contributed by atoms with Gasteiger partial charge in [0.15, 0.2) is 0 Å². The van der Waals surface area contributed by atoms with Crippen LogP contribution in [0, 0.1) is 18.3 Å². The van der Waals surface area contributed by atoms with E-state index in [1.807, 2.05) is 6.42 Å². The molecule has 1 rings (SSSR count). The monoisotopic (exact) mass is 171 g/mol. The van der Waals surface area contributed by atoms with Gasteiger partial charge in [-0.25, -0.2) is 0 Å². The molecule has 1 aliphatic carbocycles. The molecule has 0 spiro atoms. The molecule has 0 aromatic rings. The Morgan fingerprint density at radius 2 is 1.75 bits per heavy atom. The van der Waals surface area contributed by atoms with Crippen LogP contribution in [-0.4, -0.2) is 22.2 Å². The second-order valence-corrected chi connectivity index (χ2v) is 2.99. The molecule has 2 unspecified atom stereocenters. The normalized spacial score (nSPS) is 29.7. The Bertz CT molecular complexity index is 177. The molecule has 2 N–H and O–H groups in total. The minimum absolute atomic E-state index is 0.381. The van der Waals surface area contributed by atoms with Crippen LogP contribution in [0.15, 0.2) is 0 Å². The van der Waals surface area contributed by atoms with Gasteiger partial charge in [0.05, 0.1) is 11.8 Å². The molecule has 4 nitrogen and oxygen atoms in total. The Hall–Kier alpha value is -1.06. The van der Waals surface area contributed by atoms with E-state index in [9.17, 15) is 9.59 Å². The van der Waals surface area contributed by atoms with Crippen LogP contribution in [0.25, 0.3) is 0 Å². The van der Waals surface area contributed by atoms with E-state index in [0.29, 0.717) is 19.3 Å². The topological polar surface area (TPSA) is 74.6 Å². The summed E-state index contributed by atoms with van der Waals surface area (Å²) in [5, 5.41) is 17.4. The molecule has 4 heteroatoms. The number of carbonyl (C=O) groups is 2. The lowest BCUT2D eigenvalue weighted by Crippen LogP contribution is -2.32. The molecule has 0 heterocycles. The number of carboxylic acids is 2. The van der Waals surface area contributed by atoms with Crippen molar-refractivity contribution in [1.82, 2.24) is 0 Å². The molecule has 1 saturated carbocycles. The largest absolute Gasteiger partial charge is 0.481 e. The summed E-state index contributed by atoms with van der Waals surface area (Å²) in [5.41, 5.74) is 0. The van der Waals surface area contributed by atoms with Crippen molar-refractivity contribution in [3.63, 3.8) is 0 Å². The predicted molar refractivity (Wildman–Crippen MR) is 40.4 cm³/mol. The molecule has 0 amide bonds. The van der Waals surface area contributed by atoms with E-state index in [4.69, 9.17) is 10.2 Å². The fourth-order valence-corrected chi connectivity index (χ4v) is 1.53. The predicted octanol–water partition coefficient (Wildman–Crippen LogP) is 0.776. The van der Waals surface area contributed by atoms with Crippen molar-refractivity contribution in [3.8, 4) is 0 Å². The summed E-state index contributed by atoms with van der Waals surface area (Å²) in [6, 6.07) is 0. The minimum Gasteiger partial charge on any atom is -0.481 e. The smallest absolute Gasteiger partial charge is 0.307 e. The lowest BCUT2D eigenvalue weighted by atomic mass is 9.79. The van der Waals surface area contributed by atoms with Crippen molar-refractivity contribution in [1.29, 1.82) is 0 Å². The fourth-order valence-electron chi connectivity index (χ4n) is 1.53. The van der Waals surface area contributed by atoms with Crippen molar-refractivity contribution in [2.45, 2.75) is 19.3 Å². The molecule has 1 fully saturated rings. The number of hydrogen-bond acceptors (Lipinski definition) is 2. The average Bonchev–Trinajstić information content (AvgIpc) is 2.04. The van der Waals surface area contributed by atoms with Crippen LogP contribution < -0.4 is 0 Å². The summed E-state index contributed by atoms with van der Waals surface area (Å²) < 4.78 is 0. The van der Waals surface area contributed by atoms with Crippen LogP contribution in [0.1, 0.15) is 19.3 Å². The van der Waals surface area contributed by atoms with Gasteiger partial charge in [-0.2, -0.15) is 0 Å². The summed E-state index contributed by atoms with van der Waals surface area (Å²) in [5.74, 6) is -3.42. The first-order chi connectivity index (χ1) is 5.63. The molecule has 0 aromatic heterocycles. The summed E-state index contributed by atoms with van der Waals surface area (Å²) >= 11 is 0. The van der Waals surface area contributed by atoms with Crippen molar-refractivity contribution in [2.24, 2.45) is 11.8 Å². The first-order valence-corrected chi connectivity index (χ1v) is 3.90. The van der Waals surface area contributed by atoms with Crippen molar-refractivity contribution in [2.75, 3.05) is 0 Å². The zero-order chi connectivity index (χ0) is 9.14. The molecule has 0 aromatic carbocycles. The van der Waals surface area contributed by atoms with Crippen LogP contribution in [0.5, 0.6) is 0 Å². The standard InChI is InChI=1S/C8H11O4/c9-7(10)5-3-1-2-4-6(5)8(11)12/h1,5-6H,2-4H2,(H,9,10)(H,11,12). The minimum atomic E-state index is -1.00. The second-order valence-electron chi connectivity index (χ2n) is 2.99. The van der Waals surface area contributed by atoms with Gasteiger partial charge in [-0.15, -0.1) is 0 Å². The van der Waals surface area contributed by atoms with E-state index in [0.717, 1.165) is 0 Å². The van der Waals surface area contributed by atoms with Crippen LogP contribution in [0.3, 0.4) is 0 Å². The van der Waals surface area contributed by atoms with Crippen LogP contribution >= 0.6 is 0 Å². The van der Waals surface area contributed by atoms with E-state index < -0.39 is 23.8 Å².